The van der Waals surface area contributed by atoms with Crippen LogP contribution >= 0.6 is 0 Å². The summed E-state index contributed by atoms with van der Waals surface area (Å²) in [5.74, 6) is -0.374. The maximum Gasteiger partial charge on any atom is 0.337 e. The van der Waals surface area contributed by atoms with Crippen molar-refractivity contribution in [3.05, 3.63) is 59.4 Å². The number of ether oxygens (including phenoxy) is 1. The van der Waals surface area contributed by atoms with Gasteiger partial charge in [0.05, 0.1) is 12.7 Å². The summed E-state index contributed by atoms with van der Waals surface area (Å²) in [5, 5.41) is 5.92. The molecule has 0 saturated carbocycles. The van der Waals surface area contributed by atoms with Gasteiger partial charge in [-0.05, 0) is 56.4 Å². The van der Waals surface area contributed by atoms with E-state index in [1.807, 2.05) is 0 Å². The number of carbonyl (C=O) groups is 2. The number of amides is 1. The first-order valence-electron chi connectivity index (χ1n) is 9.40. The highest BCUT2D eigenvalue weighted by Crippen LogP contribution is 2.19. The van der Waals surface area contributed by atoms with Gasteiger partial charge in [-0.1, -0.05) is 17.7 Å². The minimum Gasteiger partial charge on any atom is -0.465 e. The number of nitrogens with one attached hydrogen (secondary N) is 2. The highest BCUT2D eigenvalue weighted by molar-refractivity contribution is 5.92. The second-order valence-corrected chi connectivity index (χ2v) is 6.58. The quantitative estimate of drug-likeness (QED) is 0.563. The van der Waals surface area contributed by atoms with Gasteiger partial charge in [-0.2, -0.15) is 0 Å². The average Bonchev–Trinajstić information content (AvgIpc) is 2.74. The van der Waals surface area contributed by atoms with E-state index >= 15 is 0 Å². The smallest absolute Gasteiger partial charge is 0.337 e. The lowest BCUT2D eigenvalue weighted by atomic mass is 9.97. The Labute approximate surface area is 164 Å². The predicted molar refractivity (Wildman–Crippen MR) is 107 cm³/mol. The van der Waals surface area contributed by atoms with Crippen molar-refractivity contribution in [2.45, 2.75) is 32.1 Å². The maximum atomic E-state index is 12.4. The molecule has 0 atom stereocenters. The van der Waals surface area contributed by atoms with E-state index in [0.717, 1.165) is 19.3 Å². The van der Waals surface area contributed by atoms with Gasteiger partial charge in [-0.25, -0.2) is 14.8 Å². The van der Waals surface area contributed by atoms with Gasteiger partial charge in [-0.15, -0.1) is 0 Å². The standard InChI is InChI=1S/C21H24N4O3/c1-28-20(27)16-8-5-9-17(14-16)24-21-23-13-11-18(25-21)19(26)22-12-10-15-6-3-2-4-7-15/h5-6,8-9,11,13-14H,2-4,7,10,12H2,1H3,(H,22,26)(H,23,24,25). The topological polar surface area (TPSA) is 93.2 Å². The lowest BCUT2D eigenvalue weighted by Crippen LogP contribution is -2.26. The molecule has 1 aliphatic rings. The fraction of sp³-hybridized carbons (Fsp3) is 0.333. The Kier molecular flexibility index (Phi) is 6.73. The van der Waals surface area contributed by atoms with Gasteiger partial charge in [0.15, 0.2) is 0 Å². The Hall–Kier alpha value is -3.22. The molecular formula is C21H24N4O3. The van der Waals surface area contributed by atoms with Gasteiger partial charge < -0.3 is 15.4 Å². The first-order chi connectivity index (χ1) is 13.7. The minimum atomic E-state index is -0.425. The van der Waals surface area contributed by atoms with E-state index in [9.17, 15) is 9.59 Å². The van der Waals surface area contributed by atoms with Crippen LogP contribution in [0.4, 0.5) is 11.6 Å². The molecule has 1 heterocycles. The second kappa shape index (κ2) is 9.64. The van der Waals surface area contributed by atoms with E-state index in [2.05, 4.69) is 26.7 Å². The summed E-state index contributed by atoms with van der Waals surface area (Å²) in [6, 6.07) is 8.38. The summed E-state index contributed by atoms with van der Waals surface area (Å²) >= 11 is 0. The molecule has 7 nitrogen and oxygen atoms in total. The van der Waals surface area contributed by atoms with Gasteiger partial charge in [0.2, 0.25) is 5.95 Å². The van der Waals surface area contributed by atoms with Crippen LogP contribution in [0.15, 0.2) is 48.2 Å². The molecule has 0 fully saturated rings. The Bertz CT molecular complexity index is 879. The molecule has 0 aliphatic heterocycles. The Balaban J connectivity index is 1.59. The van der Waals surface area contributed by atoms with E-state index in [0.29, 0.717) is 23.5 Å². The fourth-order valence-electron chi connectivity index (χ4n) is 3.08. The van der Waals surface area contributed by atoms with E-state index in [4.69, 9.17) is 4.74 Å². The van der Waals surface area contributed by atoms with Gasteiger partial charge >= 0.3 is 5.97 Å². The van der Waals surface area contributed by atoms with Crippen LogP contribution in [0.3, 0.4) is 0 Å². The number of carbonyl (C=O) groups excluding carboxylic acids is 2. The number of methoxy groups -OCH3 is 1. The van der Waals surface area contributed by atoms with E-state index in [1.54, 1.807) is 30.3 Å². The van der Waals surface area contributed by atoms with Gasteiger partial charge in [0, 0.05) is 18.4 Å². The third kappa shape index (κ3) is 5.39. The number of aromatic nitrogens is 2. The normalized spacial score (nSPS) is 13.4. The van der Waals surface area contributed by atoms with Crippen molar-refractivity contribution in [1.29, 1.82) is 0 Å². The SMILES string of the molecule is COC(=O)c1cccc(Nc2nccc(C(=O)NCCC3=CCCCC3)n2)c1. The zero-order valence-electron chi connectivity index (χ0n) is 15.9. The summed E-state index contributed by atoms with van der Waals surface area (Å²) in [4.78, 5) is 32.4. The van der Waals surface area contributed by atoms with Gasteiger partial charge in [-0.3, -0.25) is 4.79 Å². The molecule has 0 saturated heterocycles. The molecule has 0 spiro atoms. The van der Waals surface area contributed by atoms with Crippen molar-refractivity contribution in [3.8, 4) is 0 Å². The molecule has 2 aromatic rings. The number of anilines is 2. The van der Waals surface area contributed by atoms with Crippen molar-refractivity contribution in [2.24, 2.45) is 0 Å². The molecular weight excluding hydrogens is 356 g/mol. The molecule has 0 radical (unpaired) electrons. The van der Waals surface area contributed by atoms with E-state index < -0.39 is 5.97 Å². The van der Waals surface area contributed by atoms with Gasteiger partial charge in [0.1, 0.15) is 5.69 Å². The highest BCUT2D eigenvalue weighted by atomic mass is 16.5. The van der Waals surface area contributed by atoms with Crippen LogP contribution in [-0.2, 0) is 4.74 Å². The van der Waals surface area contributed by atoms with Gasteiger partial charge in [0.25, 0.3) is 5.91 Å². The molecule has 0 bridgehead atoms. The lowest BCUT2D eigenvalue weighted by molar-refractivity contribution is 0.0600. The molecule has 1 aromatic carbocycles. The number of rotatable bonds is 7. The summed E-state index contributed by atoms with van der Waals surface area (Å²) in [7, 11) is 1.33. The molecule has 2 N–H and O–H groups in total. The molecule has 0 unspecified atom stereocenters. The molecule has 146 valence electrons. The second-order valence-electron chi connectivity index (χ2n) is 6.58. The first kappa shape index (κ1) is 19.5. The fourth-order valence-corrected chi connectivity index (χ4v) is 3.08. The Morgan fingerprint density at radius 1 is 1.21 bits per heavy atom. The van der Waals surface area contributed by atoms with E-state index in [1.165, 1.54) is 31.7 Å². The van der Waals surface area contributed by atoms with Crippen LogP contribution in [0.5, 0.6) is 0 Å². The monoisotopic (exact) mass is 380 g/mol. The highest BCUT2D eigenvalue weighted by Gasteiger charge is 2.11. The molecule has 3 rings (SSSR count). The van der Waals surface area contributed by atoms with Crippen molar-refractivity contribution in [2.75, 3.05) is 19.0 Å². The summed E-state index contributed by atoms with van der Waals surface area (Å²) in [5.41, 5.74) is 2.75. The van der Waals surface area contributed by atoms with Crippen molar-refractivity contribution < 1.29 is 14.3 Å². The number of hydrogen-bond donors (Lipinski definition) is 2. The van der Waals surface area contributed by atoms with Crippen LogP contribution in [0.1, 0.15) is 53.0 Å². The van der Waals surface area contributed by atoms with Crippen molar-refractivity contribution >= 4 is 23.5 Å². The zero-order valence-corrected chi connectivity index (χ0v) is 15.9. The van der Waals surface area contributed by atoms with Crippen LogP contribution < -0.4 is 10.6 Å². The molecule has 1 amide bonds. The number of allylic oxidation sites excluding steroid dienone is 1. The molecule has 1 aromatic heterocycles. The largest absolute Gasteiger partial charge is 0.465 e. The van der Waals surface area contributed by atoms with Crippen LogP contribution in [-0.4, -0.2) is 35.5 Å². The third-order valence-corrected chi connectivity index (χ3v) is 4.54. The van der Waals surface area contributed by atoms with Crippen LogP contribution in [0.25, 0.3) is 0 Å². The third-order valence-electron chi connectivity index (χ3n) is 4.54. The Morgan fingerprint density at radius 2 is 2.11 bits per heavy atom. The number of esters is 1. The zero-order chi connectivity index (χ0) is 19.8. The Morgan fingerprint density at radius 3 is 2.89 bits per heavy atom. The number of benzene rings is 1. The lowest BCUT2D eigenvalue weighted by Gasteiger charge is -2.13. The molecule has 7 heteroatoms. The summed E-state index contributed by atoms with van der Waals surface area (Å²) < 4.78 is 4.72. The van der Waals surface area contributed by atoms with Crippen LogP contribution in [0.2, 0.25) is 0 Å². The number of nitrogens with zero attached hydrogens (tertiary/aromatic N) is 2. The predicted octanol–water partition coefficient (Wildman–Crippen LogP) is 3.63. The van der Waals surface area contributed by atoms with E-state index in [-0.39, 0.29) is 11.9 Å². The number of hydrogen-bond acceptors (Lipinski definition) is 6. The average molecular weight is 380 g/mol. The summed E-state index contributed by atoms with van der Waals surface area (Å²) in [6.45, 7) is 0.596. The van der Waals surface area contributed by atoms with Crippen LogP contribution in [0, 0.1) is 0 Å². The minimum absolute atomic E-state index is 0.231. The maximum absolute atomic E-state index is 12.4. The molecule has 28 heavy (non-hydrogen) atoms. The van der Waals surface area contributed by atoms with Crippen molar-refractivity contribution in [1.82, 2.24) is 15.3 Å². The summed E-state index contributed by atoms with van der Waals surface area (Å²) in [6.07, 6.45) is 9.45. The molecule has 1 aliphatic carbocycles. The van der Waals surface area contributed by atoms with Crippen molar-refractivity contribution in [3.63, 3.8) is 0 Å². The first-order valence-corrected chi connectivity index (χ1v) is 9.40.